The largest absolute Gasteiger partial charge is 0.387 e. The Morgan fingerprint density at radius 3 is 2.94 bits per heavy atom. The van der Waals surface area contributed by atoms with Crippen LogP contribution in [-0.4, -0.2) is 27.4 Å². The first-order valence-electron chi connectivity index (χ1n) is 6.00. The molecule has 0 saturated heterocycles. The Morgan fingerprint density at radius 1 is 1.44 bits per heavy atom. The van der Waals surface area contributed by atoms with Crippen LogP contribution in [0.2, 0.25) is 0 Å². The smallest absolute Gasteiger partial charge is 0.0968 e. The van der Waals surface area contributed by atoms with Crippen molar-refractivity contribution in [3.63, 3.8) is 0 Å². The van der Waals surface area contributed by atoms with Gasteiger partial charge in [0.05, 0.1) is 12.0 Å². The van der Waals surface area contributed by atoms with Gasteiger partial charge >= 0.3 is 0 Å². The maximum absolute atomic E-state index is 5.95. The van der Waals surface area contributed by atoms with E-state index in [1.54, 1.807) is 6.20 Å². The molecule has 0 aromatic carbocycles. The molecule has 0 unspecified atom stereocenters. The van der Waals surface area contributed by atoms with E-state index in [0.29, 0.717) is 5.92 Å². The fourth-order valence-corrected chi connectivity index (χ4v) is 2.14. The molecule has 2 rings (SSSR count). The van der Waals surface area contributed by atoms with Crippen LogP contribution in [0.1, 0.15) is 32.1 Å². The summed E-state index contributed by atoms with van der Waals surface area (Å²) >= 11 is 0. The van der Waals surface area contributed by atoms with E-state index in [1.807, 2.05) is 10.9 Å². The average molecular weight is 221 g/mol. The first-order valence-corrected chi connectivity index (χ1v) is 6.00. The molecule has 5 heteroatoms. The minimum atomic E-state index is 0.548. The summed E-state index contributed by atoms with van der Waals surface area (Å²) in [4.78, 5) is 4.44. The molecule has 0 atom stereocenters. The molecule has 0 amide bonds. The van der Waals surface area contributed by atoms with E-state index in [0.717, 1.165) is 25.3 Å². The van der Waals surface area contributed by atoms with Gasteiger partial charge in [-0.05, 0) is 19.3 Å². The molecule has 1 saturated carbocycles. The van der Waals surface area contributed by atoms with Crippen molar-refractivity contribution < 1.29 is 0 Å². The molecule has 1 fully saturated rings. The standard InChI is InChI=1S/C11H19N5/c12-11(10-4-1-2-5-10)13-6-3-8-16-9-7-14-15-16/h7,9-10H,1-6,8H2,(H2,12,13). The molecule has 1 aliphatic carbocycles. The van der Waals surface area contributed by atoms with Gasteiger partial charge in [0.25, 0.3) is 0 Å². The van der Waals surface area contributed by atoms with Crippen molar-refractivity contribution in [2.45, 2.75) is 38.6 Å². The Balaban J connectivity index is 1.68. The quantitative estimate of drug-likeness (QED) is 0.461. The third-order valence-corrected chi connectivity index (χ3v) is 3.09. The molecule has 88 valence electrons. The third-order valence-electron chi connectivity index (χ3n) is 3.09. The van der Waals surface area contributed by atoms with Crippen molar-refractivity contribution in [1.82, 2.24) is 15.0 Å². The summed E-state index contributed by atoms with van der Waals surface area (Å²) in [7, 11) is 0. The van der Waals surface area contributed by atoms with Gasteiger partial charge in [0.1, 0.15) is 0 Å². The second-order valence-corrected chi connectivity index (χ2v) is 4.31. The van der Waals surface area contributed by atoms with Crippen LogP contribution in [0.4, 0.5) is 0 Å². The predicted octanol–water partition coefficient (Wildman–Crippen LogP) is 1.22. The minimum absolute atomic E-state index is 0.548. The number of hydrogen-bond donors (Lipinski definition) is 1. The zero-order valence-electron chi connectivity index (χ0n) is 9.55. The predicted molar refractivity (Wildman–Crippen MR) is 63.1 cm³/mol. The number of aliphatic imine (C=N–C) groups is 1. The Morgan fingerprint density at radius 2 is 2.25 bits per heavy atom. The highest BCUT2D eigenvalue weighted by atomic mass is 15.4. The summed E-state index contributed by atoms with van der Waals surface area (Å²) in [5, 5.41) is 7.65. The van der Waals surface area contributed by atoms with E-state index in [2.05, 4.69) is 15.3 Å². The van der Waals surface area contributed by atoms with Gasteiger partial charge in [0, 0.05) is 25.2 Å². The van der Waals surface area contributed by atoms with Crippen LogP contribution in [-0.2, 0) is 6.54 Å². The third kappa shape index (κ3) is 3.05. The van der Waals surface area contributed by atoms with Crippen LogP contribution in [0.15, 0.2) is 17.4 Å². The van der Waals surface area contributed by atoms with E-state index in [-0.39, 0.29) is 0 Å². The van der Waals surface area contributed by atoms with Crippen molar-refractivity contribution in [2.75, 3.05) is 6.54 Å². The molecular formula is C11H19N5. The molecule has 1 aromatic heterocycles. The number of aryl methyl sites for hydroxylation is 1. The van der Waals surface area contributed by atoms with Gasteiger partial charge in [0.15, 0.2) is 0 Å². The van der Waals surface area contributed by atoms with Gasteiger partial charge < -0.3 is 5.73 Å². The number of rotatable bonds is 5. The van der Waals surface area contributed by atoms with Gasteiger partial charge in [0.2, 0.25) is 0 Å². The van der Waals surface area contributed by atoms with Gasteiger partial charge in [-0.1, -0.05) is 18.1 Å². The molecule has 0 aliphatic heterocycles. The van der Waals surface area contributed by atoms with E-state index in [9.17, 15) is 0 Å². The van der Waals surface area contributed by atoms with E-state index < -0.39 is 0 Å². The Bertz CT molecular complexity index is 324. The second-order valence-electron chi connectivity index (χ2n) is 4.31. The van der Waals surface area contributed by atoms with Crippen LogP contribution in [0.5, 0.6) is 0 Å². The van der Waals surface area contributed by atoms with Crippen LogP contribution >= 0.6 is 0 Å². The highest BCUT2D eigenvalue weighted by molar-refractivity contribution is 5.83. The fraction of sp³-hybridized carbons (Fsp3) is 0.727. The monoisotopic (exact) mass is 221 g/mol. The molecule has 5 nitrogen and oxygen atoms in total. The summed E-state index contributed by atoms with van der Waals surface area (Å²) in [5.41, 5.74) is 5.95. The number of aromatic nitrogens is 3. The summed E-state index contributed by atoms with van der Waals surface area (Å²) in [6.45, 7) is 1.66. The summed E-state index contributed by atoms with van der Waals surface area (Å²) in [6, 6.07) is 0. The van der Waals surface area contributed by atoms with Crippen LogP contribution in [0, 0.1) is 5.92 Å². The topological polar surface area (TPSA) is 69.1 Å². The Labute approximate surface area is 95.7 Å². The number of nitrogens with two attached hydrogens (primary N) is 1. The van der Waals surface area contributed by atoms with Crippen molar-refractivity contribution in [3.8, 4) is 0 Å². The molecule has 16 heavy (non-hydrogen) atoms. The highest BCUT2D eigenvalue weighted by Crippen LogP contribution is 2.24. The number of nitrogens with zero attached hydrogens (tertiary/aromatic N) is 4. The molecule has 1 aliphatic rings. The lowest BCUT2D eigenvalue weighted by molar-refractivity contribution is 0.563. The Kier molecular flexibility index (Phi) is 3.91. The first kappa shape index (κ1) is 11.1. The minimum Gasteiger partial charge on any atom is -0.387 e. The van der Waals surface area contributed by atoms with Crippen LogP contribution in [0.3, 0.4) is 0 Å². The normalized spacial score (nSPS) is 18.1. The van der Waals surface area contributed by atoms with E-state index >= 15 is 0 Å². The first-order chi connectivity index (χ1) is 7.86. The van der Waals surface area contributed by atoms with Crippen LogP contribution in [0.25, 0.3) is 0 Å². The molecule has 0 radical (unpaired) electrons. The van der Waals surface area contributed by atoms with Gasteiger partial charge in [-0.15, -0.1) is 5.10 Å². The molecule has 0 bridgehead atoms. The summed E-state index contributed by atoms with van der Waals surface area (Å²) < 4.78 is 1.82. The number of hydrogen-bond acceptors (Lipinski definition) is 3. The lowest BCUT2D eigenvalue weighted by atomic mass is 10.1. The van der Waals surface area contributed by atoms with Crippen molar-refractivity contribution in [2.24, 2.45) is 16.6 Å². The summed E-state index contributed by atoms with van der Waals surface area (Å²) in [6.07, 6.45) is 9.58. The molecule has 2 N–H and O–H groups in total. The second kappa shape index (κ2) is 5.63. The lowest BCUT2D eigenvalue weighted by Gasteiger charge is -2.07. The van der Waals surface area contributed by atoms with E-state index in [1.165, 1.54) is 25.7 Å². The van der Waals surface area contributed by atoms with Crippen molar-refractivity contribution >= 4 is 5.84 Å². The highest BCUT2D eigenvalue weighted by Gasteiger charge is 2.17. The molecule has 1 heterocycles. The lowest BCUT2D eigenvalue weighted by Crippen LogP contribution is -2.21. The zero-order valence-corrected chi connectivity index (χ0v) is 9.55. The van der Waals surface area contributed by atoms with Gasteiger partial charge in [-0.2, -0.15) is 0 Å². The maximum atomic E-state index is 5.95. The summed E-state index contributed by atoms with van der Waals surface area (Å²) in [5.74, 6) is 1.41. The molecule has 0 spiro atoms. The fourth-order valence-electron chi connectivity index (χ4n) is 2.14. The van der Waals surface area contributed by atoms with Gasteiger partial charge in [-0.25, -0.2) is 0 Å². The Hall–Kier alpha value is -1.39. The van der Waals surface area contributed by atoms with E-state index in [4.69, 9.17) is 5.73 Å². The number of amidine groups is 1. The van der Waals surface area contributed by atoms with Crippen molar-refractivity contribution in [1.29, 1.82) is 0 Å². The van der Waals surface area contributed by atoms with Crippen LogP contribution < -0.4 is 5.73 Å². The SMILES string of the molecule is NC(=NCCCn1ccnn1)C1CCCC1. The maximum Gasteiger partial charge on any atom is 0.0968 e. The zero-order chi connectivity index (χ0) is 11.2. The molecule has 1 aromatic rings. The molecular weight excluding hydrogens is 202 g/mol. The van der Waals surface area contributed by atoms with Crippen molar-refractivity contribution in [3.05, 3.63) is 12.4 Å². The average Bonchev–Trinajstić information content (AvgIpc) is 2.96. The van der Waals surface area contributed by atoms with Gasteiger partial charge in [-0.3, -0.25) is 9.67 Å².